The highest BCUT2D eigenvalue weighted by Crippen LogP contribution is 2.28. The molecule has 230 valence electrons. The van der Waals surface area contributed by atoms with Crippen molar-refractivity contribution < 1.29 is 32.6 Å². The van der Waals surface area contributed by atoms with Crippen molar-refractivity contribution in [3.63, 3.8) is 0 Å². The number of aliphatic hydroxyl groups excluding tert-OH is 1. The second-order valence-corrected chi connectivity index (χ2v) is 13.4. The van der Waals surface area contributed by atoms with Crippen molar-refractivity contribution in [2.24, 2.45) is 0 Å². The first-order valence-electron chi connectivity index (χ1n) is 13.8. The summed E-state index contributed by atoms with van der Waals surface area (Å²) in [6, 6.07) is 22.2. The Hall–Kier alpha value is -4.25. The standard InChI is InChI=1S/C33H33ClN2O7S/c1-33(2,3)43-32(39)36(21-30(38)24-7-4-9-26(34)19-24)18-16-23-12-14-28(15-13-23)44(40,41)29-11-5-10-27(20-29)42-31-25(22-37)8-6-17-35-31/h4-15,17,19-20,22,30,38H,16,18,21H2,1-3H3/t30-/m0/s1. The summed E-state index contributed by atoms with van der Waals surface area (Å²) in [5.41, 5.74) is 0.853. The molecule has 1 amide bonds. The van der Waals surface area contributed by atoms with E-state index < -0.39 is 27.6 Å². The average Bonchev–Trinajstić information content (AvgIpc) is 2.99. The van der Waals surface area contributed by atoms with E-state index in [-0.39, 0.29) is 40.1 Å². The van der Waals surface area contributed by atoms with Crippen molar-refractivity contribution in [2.45, 2.75) is 48.7 Å². The maximum atomic E-state index is 13.4. The third kappa shape index (κ3) is 8.66. The molecule has 1 aromatic heterocycles. The van der Waals surface area contributed by atoms with Crippen molar-refractivity contribution in [3.05, 3.63) is 113 Å². The number of carbonyl (C=O) groups excluding carboxylic acids is 2. The number of amides is 1. The molecule has 3 aromatic carbocycles. The number of hydrogen-bond donors (Lipinski definition) is 1. The van der Waals surface area contributed by atoms with E-state index in [1.807, 2.05) is 0 Å². The Labute approximate surface area is 262 Å². The van der Waals surface area contributed by atoms with Crippen LogP contribution in [0.25, 0.3) is 0 Å². The van der Waals surface area contributed by atoms with Gasteiger partial charge in [0.2, 0.25) is 15.7 Å². The smallest absolute Gasteiger partial charge is 0.410 e. The fraction of sp³-hybridized carbons (Fsp3) is 0.242. The zero-order chi connectivity index (χ0) is 31.9. The van der Waals surface area contributed by atoms with Gasteiger partial charge in [-0.1, -0.05) is 41.9 Å². The Morgan fingerprint density at radius 3 is 2.41 bits per heavy atom. The molecular weight excluding hydrogens is 604 g/mol. The van der Waals surface area contributed by atoms with Crippen LogP contribution in [0.4, 0.5) is 4.79 Å². The molecule has 0 radical (unpaired) electrons. The monoisotopic (exact) mass is 636 g/mol. The maximum absolute atomic E-state index is 13.4. The predicted octanol–water partition coefficient (Wildman–Crippen LogP) is 6.69. The number of ether oxygens (including phenoxy) is 2. The van der Waals surface area contributed by atoms with Gasteiger partial charge < -0.3 is 19.5 Å². The van der Waals surface area contributed by atoms with E-state index in [0.29, 0.717) is 23.3 Å². The van der Waals surface area contributed by atoms with E-state index in [2.05, 4.69) is 4.98 Å². The first kappa shape index (κ1) is 32.7. The van der Waals surface area contributed by atoms with Gasteiger partial charge in [-0.2, -0.15) is 0 Å². The van der Waals surface area contributed by atoms with Crippen molar-refractivity contribution in [1.82, 2.24) is 9.88 Å². The molecule has 0 aliphatic heterocycles. The third-order valence-electron chi connectivity index (χ3n) is 6.44. The molecule has 9 nitrogen and oxygen atoms in total. The molecule has 0 aliphatic rings. The normalized spacial score (nSPS) is 12.3. The summed E-state index contributed by atoms with van der Waals surface area (Å²) in [5.74, 6) is 0.286. The molecule has 0 spiro atoms. The highest BCUT2D eigenvalue weighted by Gasteiger charge is 2.25. The van der Waals surface area contributed by atoms with Crippen molar-refractivity contribution in [3.8, 4) is 11.6 Å². The van der Waals surface area contributed by atoms with E-state index >= 15 is 0 Å². The number of nitrogens with zero attached hydrogens (tertiary/aromatic N) is 2. The van der Waals surface area contributed by atoms with Crippen LogP contribution in [0, 0.1) is 0 Å². The number of halogens is 1. The molecule has 0 bridgehead atoms. The Morgan fingerprint density at radius 2 is 1.73 bits per heavy atom. The average molecular weight is 637 g/mol. The molecule has 4 rings (SSSR count). The van der Waals surface area contributed by atoms with Gasteiger partial charge in [-0.25, -0.2) is 18.2 Å². The summed E-state index contributed by atoms with van der Waals surface area (Å²) in [4.78, 5) is 29.8. The van der Waals surface area contributed by atoms with Gasteiger partial charge in [0.05, 0.1) is 28.0 Å². The summed E-state index contributed by atoms with van der Waals surface area (Å²) in [5, 5.41) is 11.3. The lowest BCUT2D eigenvalue weighted by Crippen LogP contribution is -2.40. The number of aldehydes is 1. The Balaban J connectivity index is 1.47. The molecule has 1 atom stereocenters. The van der Waals surface area contributed by atoms with Gasteiger partial charge in [0.25, 0.3) is 0 Å². The van der Waals surface area contributed by atoms with Crippen LogP contribution in [0.15, 0.2) is 101 Å². The van der Waals surface area contributed by atoms with Gasteiger partial charge >= 0.3 is 6.09 Å². The lowest BCUT2D eigenvalue weighted by molar-refractivity contribution is 0.0147. The number of pyridine rings is 1. The van der Waals surface area contributed by atoms with Gasteiger partial charge in [0.1, 0.15) is 11.4 Å². The molecule has 0 saturated heterocycles. The zero-order valence-electron chi connectivity index (χ0n) is 24.5. The summed E-state index contributed by atoms with van der Waals surface area (Å²) < 4.78 is 38.1. The molecule has 0 saturated carbocycles. The van der Waals surface area contributed by atoms with Crippen LogP contribution < -0.4 is 4.74 Å². The van der Waals surface area contributed by atoms with Crippen LogP contribution in [-0.2, 0) is 21.0 Å². The minimum atomic E-state index is -3.90. The van der Waals surface area contributed by atoms with E-state index in [9.17, 15) is 23.1 Å². The number of aliphatic hydroxyl groups is 1. The van der Waals surface area contributed by atoms with Gasteiger partial charge in [0.15, 0.2) is 6.29 Å². The van der Waals surface area contributed by atoms with Gasteiger partial charge in [0, 0.05) is 17.8 Å². The van der Waals surface area contributed by atoms with Gasteiger partial charge in [-0.15, -0.1) is 0 Å². The van der Waals surface area contributed by atoms with E-state index in [4.69, 9.17) is 21.1 Å². The first-order valence-corrected chi connectivity index (χ1v) is 15.7. The van der Waals surface area contributed by atoms with Crippen LogP contribution in [0.5, 0.6) is 11.6 Å². The second kappa shape index (κ2) is 14.0. The molecule has 11 heteroatoms. The minimum Gasteiger partial charge on any atom is -0.444 e. The lowest BCUT2D eigenvalue weighted by atomic mass is 10.1. The van der Waals surface area contributed by atoms with E-state index in [1.54, 1.807) is 81.4 Å². The Bertz CT molecular complexity index is 1720. The minimum absolute atomic E-state index is 0.0115. The third-order valence-corrected chi connectivity index (χ3v) is 8.44. The molecular formula is C33H33ClN2O7S. The fourth-order valence-electron chi connectivity index (χ4n) is 4.24. The number of rotatable bonds is 11. The lowest BCUT2D eigenvalue weighted by Gasteiger charge is -2.29. The molecule has 44 heavy (non-hydrogen) atoms. The van der Waals surface area contributed by atoms with E-state index in [0.717, 1.165) is 5.56 Å². The summed E-state index contributed by atoms with van der Waals surface area (Å²) in [7, 11) is -3.90. The summed E-state index contributed by atoms with van der Waals surface area (Å²) in [6.07, 6.45) is 0.896. The van der Waals surface area contributed by atoms with Crippen LogP contribution >= 0.6 is 11.6 Å². The highest BCUT2D eigenvalue weighted by atomic mass is 35.5. The topological polar surface area (TPSA) is 123 Å². The van der Waals surface area contributed by atoms with Crippen LogP contribution in [0.3, 0.4) is 0 Å². The van der Waals surface area contributed by atoms with Crippen molar-refractivity contribution in [1.29, 1.82) is 0 Å². The fourth-order valence-corrected chi connectivity index (χ4v) is 5.74. The molecule has 0 unspecified atom stereocenters. The second-order valence-electron chi connectivity index (χ2n) is 11.0. The molecule has 1 N–H and O–H groups in total. The van der Waals surface area contributed by atoms with Crippen molar-refractivity contribution in [2.75, 3.05) is 13.1 Å². The number of carbonyl (C=O) groups is 2. The highest BCUT2D eigenvalue weighted by molar-refractivity contribution is 7.91. The quantitative estimate of drug-likeness (QED) is 0.181. The Kier molecular flexibility index (Phi) is 10.4. The number of hydrogen-bond acceptors (Lipinski definition) is 8. The molecule has 1 heterocycles. The van der Waals surface area contributed by atoms with Crippen LogP contribution in [0.1, 0.15) is 48.4 Å². The number of sulfone groups is 1. The zero-order valence-corrected chi connectivity index (χ0v) is 26.1. The molecule has 4 aromatic rings. The van der Waals surface area contributed by atoms with Crippen LogP contribution in [-0.4, -0.2) is 54.5 Å². The van der Waals surface area contributed by atoms with E-state index in [1.165, 1.54) is 35.4 Å². The maximum Gasteiger partial charge on any atom is 0.410 e. The molecule has 0 fully saturated rings. The number of benzene rings is 3. The summed E-state index contributed by atoms with van der Waals surface area (Å²) >= 11 is 6.07. The largest absolute Gasteiger partial charge is 0.444 e. The molecule has 0 aliphatic carbocycles. The Morgan fingerprint density at radius 1 is 1.00 bits per heavy atom. The predicted molar refractivity (Wildman–Crippen MR) is 166 cm³/mol. The summed E-state index contributed by atoms with van der Waals surface area (Å²) in [6.45, 7) is 5.48. The van der Waals surface area contributed by atoms with Crippen molar-refractivity contribution >= 4 is 33.8 Å². The van der Waals surface area contributed by atoms with Gasteiger partial charge in [-0.3, -0.25) is 4.79 Å². The SMILES string of the molecule is CC(C)(C)OC(=O)N(CCc1ccc(S(=O)(=O)c2cccc(Oc3ncccc3C=O)c2)cc1)C[C@H](O)c1cccc(Cl)c1. The number of aromatic nitrogens is 1. The first-order chi connectivity index (χ1) is 20.9. The van der Waals surface area contributed by atoms with Crippen LogP contribution in [0.2, 0.25) is 5.02 Å². The van der Waals surface area contributed by atoms with Gasteiger partial charge in [-0.05, 0) is 92.9 Å².